The Hall–Kier alpha value is -1.37. The van der Waals surface area contributed by atoms with Gasteiger partial charge in [-0.3, -0.25) is 14.7 Å². The lowest BCUT2D eigenvalue weighted by atomic mass is 10.0. The number of hydrogen-bond donors (Lipinski definition) is 2. The molecule has 1 amide bonds. The zero-order valence-corrected chi connectivity index (χ0v) is 15.9. The van der Waals surface area contributed by atoms with Gasteiger partial charge in [-0.25, -0.2) is 0 Å². The van der Waals surface area contributed by atoms with Crippen LogP contribution in [0.15, 0.2) is 48.8 Å². The first-order valence-electron chi connectivity index (χ1n) is 7.63. The number of hydrogen-bond acceptors (Lipinski definition) is 4. The van der Waals surface area contributed by atoms with Gasteiger partial charge in [0.15, 0.2) is 0 Å². The van der Waals surface area contributed by atoms with Crippen molar-refractivity contribution in [2.45, 2.75) is 6.04 Å². The minimum atomic E-state index is -0.0323. The first kappa shape index (κ1) is 21.7. The summed E-state index contributed by atoms with van der Waals surface area (Å²) in [5.41, 5.74) is 1.81. The topological polar surface area (TPSA) is 57.3 Å². The Morgan fingerprint density at radius 2 is 1.96 bits per heavy atom. The molecule has 1 atom stereocenters. The number of pyridine rings is 1. The maximum atomic E-state index is 12.3. The molecule has 1 aromatic heterocycles. The third kappa shape index (κ3) is 5.83. The van der Waals surface area contributed by atoms with Crippen LogP contribution < -0.4 is 10.6 Å². The predicted molar refractivity (Wildman–Crippen MR) is 106 cm³/mol. The highest BCUT2D eigenvalue weighted by Gasteiger charge is 2.26. The van der Waals surface area contributed by atoms with E-state index in [0.29, 0.717) is 6.54 Å². The Kier molecular flexibility index (Phi) is 9.17. The Bertz CT molecular complexity index is 672. The summed E-state index contributed by atoms with van der Waals surface area (Å²) in [6.07, 6.45) is 3.32. The van der Waals surface area contributed by atoms with Gasteiger partial charge in [0, 0.05) is 48.8 Å². The monoisotopic (exact) mass is 402 g/mol. The number of nitrogens with zero attached hydrogens (tertiary/aromatic N) is 2. The van der Waals surface area contributed by atoms with E-state index in [0.717, 1.165) is 35.9 Å². The minimum absolute atomic E-state index is 0. The molecule has 2 aromatic rings. The number of rotatable bonds is 4. The molecule has 1 saturated heterocycles. The lowest BCUT2D eigenvalue weighted by Gasteiger charge is -2.36. The second-order valence-corrected chi connectivity index (χ2v) is 5.90. The summed E-state index contributed by atoms with van der Waals surface area (Å²) in [7, 11) is 0. The molecule has 0 spiro atoms. The van der Waals surface area contributed by atoms with Gasteiger partial charge in [0.1, 0.15) is 0 Å². The molecule has 1 fully saturated rings. The molecule has 5 nitrogen and oxygen atoms in total. The van der Waals surface area contributed by atoms with Gasteiger partial charge in [-0.05, 0) is 23.8 Å². The lowest BCUT2D eigenvalue weighted by Crippen LogP contribution is -2.48. The molecule has 1 aromatic carbocycles. The standard InChI is InChI=1S/C17H19ClN4O.2ClH/c18-15-4-2-1-3-14(15)16-11-20-9-10-22(16)12-17(23)21-13-5-7-19-8-6-13;;/h1-8,16,20H,9-12H2,(H,19,21,23);2*1H. The second-order valence-electron chi connectivity index (χ2n) is 5.50. The lowest BCUT2D eigenvalue weighted by molar-refractivity contribution is -0.118. The summed E-state index contributed by atoms with van der Waals surface area (Å²) in [5, 5.41) is 7.01. The van der Waals surface area contributed by atoms with Crippen molar-refractivity contribution in [2.24, 2.45) is 0 Å². The van der Waals surface area contributed by atoms with Gasteiger partial charge < -0.3 is 10.6 Å². The molecular weight excluding hydrogens is 383 g/mol. The van der Waals surface area contributed by atoms with Crippen molar-refractivity contribution < 1.29 is 4.79 Å². The number of halogens is 3. The average Bonchev–Trinajstić information content (AvgIpc) is 2.57. The van der Waals surface area contributed by atoms with Gasteiger partial charge in [-0.1, -0.05) is 29.8 Å². The fraction of sp³-hybridized carbons (Fsp3) is 0.294. The van der Waals surface area contributed by atoms with Gasteiger partial charge in [0.2, 0.25) is 5.91 Å². The van der Waals surface area contributed by atoms with Crippen LogP contribution in [0.2, 0.25) is 5.02 Å². The molecule has 8 heteroatoms. The number of nitrogens with one attached hydrogen (secondary N) is 2. The fourth-order valence-corrected chi connectivity index (χ4v) is 3.07. The molecule has 0 saturated carbocycles. The van der Waals surface area contributed by atoms with E-state index < -0.39 is 0 Å². The van der Waals surface area contributed by atoms with Crippen molar-refractivity contribution in [1.29, 1.82) is 0 Å². The summed E-state index contributed by atoms with van der Waals surface area (Å²) in [4.78, 5) is 18.4. The summed E-state index contributed by atoms with van der Waals surface area (Å²) < 4.78 is 0. The van der Waals surface area contributed by atoms with E-state index in [4.69, 9.17) is 11.6 Å². The number of carbonyl (C=O) groups excluding carboxylic acids is 1. The summed E-state index contributed by atoms with van der Waals surface area (Å²) in [5.74, 6) is -0.0323. The Morgan fingerprint density at radius 1 is 1.24 bits per heavy atom. The zero-order valence-electron chi connectivity index (χ0n) is 13.5. The van der Waals surface area contributed by atoms with Crippen molar-refractivity contribution in [1.82, 2.24) is 15.2 Å². The number of piperazine rings is 1. The number of amides is 1. The van der Waals surface area contributed by atoms with Gasteiger partial charge in [0.05, 0.1) is 6.54 Å². The first-order valence-corrected chi connectivity index (χ1v) is 8.01. The van der Waals surface area contributed by atoms with E-state index in [1.165, 1.54) is 0 Å². The number of anilines is 1. The van der Waals surface area contributed by atoms with E-state index in [2.05, 4.69) is 20.5 Å². The molecule has 2 heterocycles. The van der Waals surface area contributed by atoms with Crippen molar-refractivity contribution in [3.05, 3.63) is 59.4 Å². The maximum Gasteiger partial charge on any atom is 0.238 e. The Labute approximate surface area is 165 Å². The molecule has 25 heavy (non-hydrogen) atoms. The highest BCUT2D eigenvalue weighted by atomic mass is 35.5. The minimum Gasteiger partial charge on any atom is -0.325 e. The van der Waals surface area contributed by atoms with Crippen LogP contribution in [0.3, 0.4) is 0 Å². The molecule has 136 valence electrons. The van der Waals surface area contributed by atoms with Gasteiger partial charge in [-0.2, -0.15) is 0 Å². The fourth-order valence-electron chi connectivity index (χ4n) is 2.81. The second kappa shape index (κ2) is 10.6. The van der Waals surface area contributed by atoms with Crippen LogP contribution in [-0.4, -0.2) is 42.0 Å². The van der Waals surface area contributed by atoms with Crippen LogP contribution >= 0.6 is 36.4 Å². The molecule has 0 bridgehead atoms. The largest absolute Gasteiger partial charge is 0.325 e. The van der Waals surface area contributed by atoms with Gasteiger partial charge in [0.25, 0.3) is 0 Å². The highest BCUT2D eigenvalue weighted by molar-refractivity contribution is 6.31. The first-order chi connectivity index (χ1) is 11.2. The molecule has 1 aliphatic rings. The molecule has 0 radical (unpaired) electrons. The number of benzene rings is 1. The Balaban J connectivity index is 0.00000156. The number of aromatic nitrogens is 1. The van der Waals surface area contributed by atoms with Crippen LogP contribution in [0, 0.1) is 0 Å². The van der Waals surface area contributed by atoms with E-state index in [9.17, 15) is 4.79 Å². The SMILES string of the molecule is Cl.Cl.O=C(CN1CCNCC1c1ccccc1Cl)Nc1ccncc1. The number of carbonyl (C=O) groups is 1. The smallest absolute Gasteiger partial charge is 0.238 e. The van der Waals surface area contributed by atoms with Crippen molar-refractivity contribution in [3.63, 3.8) is 0 Å². The predicted octanol–water partition coefficient (Wildman–Crippen LogP) is 3.16. The average molecular weight is 404 g/mol. The molecule has 1 aliphatic heterocycles. The normalized spacial score (nSPS) is 17.1. The van der Waals surface area contributed by atoms with Crippen molar-refractivity contribution in [3.8, 4) is 0 Å². The van der Waals surface area contributed by atoms with E-state index in [1.807, 2.05) is 24.3 Å². The van der Waals surface area contributed by atoms with Crippen LogP contribution in [-0.2, 0) is 4.79 Å². The van der Waals surface area contributed by atoms with Crippen molar-refractivity contribution >= 4 is 48.0 Å². The van der Waals surface area contributed by atoms with Crippen LogP contribution in [0.25, 0.3) is 0 Å². The molecule has 1 unspecified atom stereocenters. The quantitative estimate of drug-likeness (QED) is 0.823. The van der Waals surface area contributed by atoms with E-state index in [1.54, 1.807) is 24.5 Å². The van der Waals surface area contributed by atoms with Crippen LogP contribution in [0.4, 0.5) is 5.69 Å². The van der Waals surface area contributed by atoms with E-state index >= 15 is 0 Å². The van der Waals surface area contributed by atoms with Gasteiger partial charge in [-0.15, -0.1) is 24.8 Å². The molecular formula is C17H21Cl3N4O. The third-order valence-electron chi connectivity index (χ3n) is 3.93. The van der Waals surface area contributed by atoms with Crippen LogP contribution in [0.5, 0.6) is 0 Å². The zero-order chi connectivity index (χ0) is 16.1. The van der Waals surface area contributed by atoms with Crippen molar-refractivity contribution in [2.75, 3.05) is 31.5 Å². The highest BCUT2D eigenvalue weighted by Crippen LogP contribution is 2.28. The molecule has 0 aliphatic carbocycles. The van der Waals surface area contributed by atoms with Crippen LogP contribution in [0.1, 0.15) is 11.6 Å². The summed E-state index contributed by atoms with van der Waals surface area (Å²) in [6, 6.07) is 11.5. The summed E-state index contributed by atoms with van der Waals surface area (Å²) >= 11 is 6.33. The van der Waals surface area contributed by atoms with E-state index in [-0.39, 0.29) is 36.8 Å². The Morgan fingerprint density at radius 3 is 2.68 bits per heavy atom. The van der Waals surface area contributed by atoms with Gasteiger partial charge >= 0.3 is 0 Å². The molecule has 2 N–H and O–H groups in total. The molecule has 3 rings (SSSR count). The third-order valence-corrected chi connectivity index (χ3v) is 4.27. The maximum absolute atomic E-state index is 12.3. The summed E-state index contributed by atoms with van der Waals surface area (Å²) in [6.45, 7) is 2.79.